The summed E-state index contributed by atoms with van der Waals surface area (Å²) in [6.07, 6.45) is -2.98. The van der Waals surface area contributed by atoms with Crippen LogP contribution in [0.25, 0.3) is 0 Å². The summed E-state index contributed by atoms with van der Waals surface area (Å²) in [5.74, 6) is 0.488. The summed E-state index contributed by atoms with van der Waals surface area (Å²) in [5, 5.41) is 6.61. The molecule has 1 N–H and O–H groups in total. The Bertz CT molecular complexity index is 446. The van der Waals surface area contributed by atoms with Gasteiger partial charge in [0.2, 0.25) is 5.95 Å². The molecule has 0 atom stereocenters. The lowest BCUT2D eigenvalue weighted by atomic mass is 10.4. The fraction of sp³-hybridized carbons (Fsp3) is 0.778. The summed E-state index contributed by atoms with van der Waals surface area (Å²) in [6, 6.07) is 0.296. The number of rotatable bonds is 4. The Morgan fingerprint density at radius 1 is 1.53 bits per heavy atom. The average molecular weight is 266 g/mol. The fourth-order valence-electron chi connectivity index (χ4n) is 1.62. The lowest BCUT2D eigenvalue weighted by Gasteiger charge is -2.19. The Hall–Kier alpha value is -1.05. The molecule has 0 spiro atoms. The van der Waals surface area contributed by atoms with Crippen molar-refractivity contribution in [1.29, 1.82) is 0 Å². The highest BCUT2D eigenvalue weighted by Crippen LogP contribution is 2.37. The molecular weight excluding hydrogens is 253 g/mol. The third-order valence-electron chi connectivity index (χ3n) is 2.67. The summed E-state index contributed by atoms with van der Waals surface area (Å²) in [6.45, 7) is -0.115. The van der Waals surface area contributed by atoms with Gasteiger partial charge in [-0.25, -0.2) is 5.10 Å². The zero-order valence-corrected chi connectivity index (χ0v) is 10.1. The van der Waals surface area contributed by atoms with Crippen molar-refractivity contribution in [3.63, 3.8) is 0 Å². The van der Waals surface area contributed by atoms with Gasteiger partial charge in [0.15, 0.2) is 4.77 Å². The van der Waals surface area contributed by atoms with Crippen molar-refractivity contribution in [2.24, 2.45) is 0 Å². The molecule has 2 rings (SSSR count). The normalized spacial score (nSPS) is 16.2. The molecule has 0 saturated heterocycles. The zero-order chi connectivity index (χ0) is 12.6. The molecule has 0 aliphatic heterocycles. The Morgan fingerprint density at radius 2 is 2.18 bits per heavy atom. The van der Waals surface area contributed by atoms with Gasteiger partial charge in [-0.15, -0.1) is 5.10 Å². The molecule has 1 saturated carbocycles. The molecule has 8 heteroatoms. The van der Waals surface area contributed by atoms with Crippen molar-refractivity contribution in [1.82, 2.24) is 14.8 Å². The number of halogens is 3. The molecule has 0 radical (unpaired) electrons. The molecule has 1 aromatic heterocycles. The quantitative estimate of drug-likeness (QED) is 0.851. The fourth-order valence-corrected chi connectivity index (χ4v) is 1.90. The monoisotopic (exact) mass is 266 g/mol. The second-order valence-corrected chi connectivity index (χ2v) is 4.60. The molecule has 4 nitrogen and oxygen atoms in total. The number of hydrogen-bond acceptors (Lipinski definition) is 3. The van der Waals surface area contributed by atoms with Crippen molar-refractivity contribution in [3.05, 3.63) is 4.77 Å². The smallest absolute Gasteiger partial charge is 0.344 e. The number of H-pyrrole nitrogens is 1. The number of nitrogens with one attached hydrogen (secondary N) is 1. The van der Waals surface area contributed by atoms with Crippen LogP contribution in [0.4, 0.5) is 19.1 Å². The SMILES string of the molecule is CN(CCC(F)(F)F)c1n[nH]c(=S)n1C1CC1. The molecule has 1 aromatic rings. The van der Waals surface area contributed by atoms with Gasteiger partial charge in [-0.3, -0.25) is 4.57 Å². The first-order valence-corrected chi connectivity index (χ1v) is 5.74. The van der Waals surface area contributed by atoms with Gasteiger partial charge in [0.1, 0.15) is 0 Å². The van der Waals surface area contributed by atoms with E-state index in [1.165, 1.54) is 4.90 Å². The Kier molecular flexibility index (Phi) is 3.15. The second-order valence-electron chi connectivity index (χ2n) is 4.22. The predicted octanol–water partition coefficient (Wildman–Crippen LogP) is 2.66. The van der Waals surface area contributed by atoms with Crippen LogP contribution in [0.2, 0.25) is 0 Å². The van der Waals surface area contributed by atoms with Crippen molar-refractivity contribution in [2.45, 2.75) is 31.5 Å². The molecule has 1 heterocycles. The molecule has 96 valence electrons. The first-order chi connectivity index (χ1) is 7.88. The molecule has 1 aliphatic rings. The number of aromatic nitrogens is 3. The molecular formula is C9H13F3N4S. The van der Waals surface area contributed by atoms with Gasteiger partial charge < -0.3 is 4.90 Å². The van der Waals surface area contributed by atoms with E-state index in [1.807, 2.05) is 0 Å². The van der Waals surface area contributed by atoms with Gasteiger partial charge >= 0.3 is 6.18 Å². The van der Waals surface area contributed by atoms with Gasteiger partial charge in [0.05, 0.1) is 6.42 Å². The van der Waals surface area contributed by atoms with Crippen LogP contribution in [0.5, 0.6) is 0 Å². The number of aromatic amines is 1. The average Bonchev–Trinajstić information content (AvgIpc) is 2.98. The van der Waals surface area contributed by atoms with Crippen LogP contribution in [-0.2, 0) is 0 Å². The number of hydrogen-bond donors (Lipinski definition) is 1. The Morgan fingerprint density at radius 3 is 2.71 bits per heavy atom. The largest absolute Gasteiger partial charge is 0.390 e. The standard InChI is InChI=1S/C9H13F3N4S/c1-15(5-4-9(10,11)12)7-13-14-8(17)16(7)6-2-3-6/h6H,2-5H2,1H3,(H,14,17). The molecule has 0 bridgehead atoms. The lowest BCUT2D eigenvalue weighted by molar-refractivity contribution is -0.132. The van der Waals surface area contributed by atoms with Gasteiger partial charge in [0.25, 0.3) is 0 Å². The van der Waals surface area contributed by atoms with E-state index in [1.54, 1.807) is 11.6 Å². The lowest BCUT2D eigenvalue weighted by Crippen LogP contribution is -2.26. The summed E-state index contributed by atoms with van der Waals surface area (Å²) < 4.78 is 38.6. The van der Waals surface area contributed by atoms with Crippen LogP contribution in [0, 0.1) is 4.77 Å². The third-order valence-corrected chi connectivity index (χ3v) is 2.96. The molecule has 0 unspecified atom stereocenters. The number of anilines is 1. The van der Waals surface area contributed by atoms with Gasteiger partial charge in [-0.1, -0.05) is 0 Å². The van der Waals surface area contributed by atoms with E-state index in [9.17, 15) is 13.2 Å². The summed E-state index contributed by atoms with van der Waals surface area (Å²) >= 11 is 5.06. The number of nitrogens with zero attached hydrogens (tertiary/aromatic N) is 3. The van der Waals surface area contributed by atoms with Crippen LogP contribution in [-0.4, -0.2) is 34.5 Å². The van der Waals surface area contributed by atoms with Crippen LogP contribution in [0.15, 0.2) is 0 Å². The Balaban J connectivity index is 2.08. The molecule has 17 heavy (non-hydrogen) atoms. The van der Waals surface area contributed by atoms with E-state index in [-0.39, 0.29) is 6.54 Å². The summed E-state index contributed by atoms with van der Waals surface area (Å²) in [5.41, 5.74) is 0. The molecule has 0 amide bonds. The highest BCUT2D eigenvalue weighted by Gasteiger charge is 2.31. The minimum atomic E-state index is -4.15. The van der Waals surface area contributed by atoms with E-state index < -0.39 is 12.6 Å². The summed E-state index contributed by atoms with van der Waals surface area (Å²) in [7, 11) is 1.59. The van der Waals surface area contributed by atoms with Crippen LogP contribution < -0.4 is 4.90 Å². The van der Waals surface area contributed by atoms with Crippen LogP contribution >= 0.6 is 12.2 Å². The molecule has 1 aliphatic carbocycles. The Labute approximate surface area is 101 Å². The minimum Gasteiger partial charge on any atom is -0.344 e. The maximum Gasteiger partial charge on any atom is 0.390 e. The topological polar surface area (TPSA) is 36.9 Å². The van der Waals surface area contributed by atoms with E-state index in [0.29, 0.717) is 16.8 Å². The van der Waals surface area contributed by atoms with E-state index in [4.69, 9.17) is 12.2 Å². The van der Waals surface area contributed by atoms with Gasteiger partial charge in [-0.2, -0.15) is 13.2 Å². The van der Waals surface area contributed by atoms with Crippen molar-refractivity contribution >= 4 is 18.2 Å². The van der Waals surface area contributed by atoms with E-state index in [0.717, 1.165) is 12.8 Å². The van der Waals surface area contributed by atoms with Crippen molar-refractivity contribution in [2.75, 3.05) is 18.5 Å². The molecule has 0 aromatic carbocycles. The maximum atomic E-state index is 12.1. The maximum absolute atomic E-state index is 12.1. The van der Waals surface area contributed by atoms with Crippen molar-refractivity contribution < 1.29 is 13.2 Å². The first kappa shape index (κ1) is 12.4. The third kappa shape index (κ3) is 2.99. The minimum absolute atomic E-state index is 0.115. The van der Waals surface area contributed by atoms with Crippen molar-refractivity contribution in [3.8, 4) is 0 Å². The van der Waals surface area contributed by atoms with Gasteiger partial charge in [0, 0.05) is 19.6 Å². The highest BCUT2D eigenvalue weighted by molar-refractivity contribution is 7.71. The highest BCUT2D eigenvalue weighted by atomic mass is 32.1. The molecule has 1 fully saturated rings. The zero-order valence-electron chi connectivity index (χ0n) is 9.29. The van der Waals surface area contributed by atoms with E-state index >= 15 is 0 Å². The van der Waals surface area contributed by atoms with E-state index in [2.05, 4.69) is 10.2 Å². The number of alkyl halides is 3. The van der Waals surface area contributed by atoms with Crippen LogP contribution in [0.1, 0.15) is 25.3 Å². The second kappa shape index (κ2) is 4.32. The summed E-state index contributed by atoms with van der Waals surface area (Å²) in [4.78, 5) is 1.48. The van der Waals surface area contributed by atoms with Gasteiger partial charge in [-0.05, 0) is 25.1 Å². The predicted molar refractivity (Wildman–Crippen MR) is 59.6 cm³/mol. The van der Waals surface area contributed by atoms with Crippen LogP contribution in [0.3, 0.4) is 0 Å². The first-order valence-electron chi connectivity index (χ1n) is 5.33.